The molecule has 7 heteroatoms. The number of benzene rings is 3. The highest BCUT2D eigenvalue weighted by atomic mass is 127. The summed E-state index contributed by atoms with van der Waals surface area (Å²) in [5.41, 5.74) is 2.82. The van der Waals surface area contributed by atoms with Gasteiger partial charge < -0.3 is 14.8 Å². The van der Waals surface area contributed by atoms with E-state index in [1.807, 2.05) is 38.1 Å². The Balaban J connectivity index is 1.86. The van der Waals surface area contributed by atoms with Gasteiger partial charge in [0, 0.05) is 5.69 Å². The lowest BCUT2D eigenvalue weighted by Crippen LogP contribution is -2.14. The Morgan fingerprint density at radius 2 is 1.94 bits per heavy atom. The van der Waals surface area contributed by atoms with Crippen molar-refractivity contribution in [2.24, 2.45) is 0 Å². The summed E-state index contributed by atoms with van der Waals surface area (Å²) in [4.78, 5) is 12.7. The average molecular weight is 556 g/mol. The molecule has 0 fully saturated rings. The van der Waals surface area contributed by atoms with E-state index in [1.165, 1.54) is 18.2 Å². The van der Waals surface area contributed by atoms with Crippen molar-refractivity contribution in [3.05, 3.63) is 92.3 Å². The number of nitrogens with zero attached hydrogens (tertiary/aromatic N) is 1. The van der Waals surface area contributed by atoms with E-state index in [4.69, 9.17) is 9.47 Å². The first-order valence-electron chi connectivity index (χ1n) is 10.2. The Morgan fingerprint density at radius 1 is 1.15 bits per heavy atom. The highest BCUT2D eigenvalue weighted by molar-refractivity contribution is 14.1. The van der Waals surface area contributed by atoms with Crippen molar-refractivity contribution in [1.82, 2.24) is 0 Å². The minimum absolute atomic E-state index is 0.0371. The van der Waals surface area contributed by atoms with Crippen molar-refractivity contribution >= 4 is 40.3 Å². The van der Waals surface area contributed by atoms with E-state index in [1.54, 1.807) is 30.3 Å². The molecule has 0 aliphatic rings. The van der Waals surface area contributed by atoms with Crippen LogP contribution in [0.5, 0.6) is 11.5 Å². The summed E-state index contributed by atoms with van der Waals surface area (Å²) in [7, 11) is 0. The molecule has 3 aromatic rings. The van der Waals surface area contributed by atoms with Gasteiger partial charge >= 0.3 is 0 Å². The SMILES string of the molecule is CCOc1cc(/C=C(\C#N)C(=O)Nc2ccccc2C)cc(I)c1OCc1cccc(F)c1. The maximum Gasteiger partial charge on any atom is 0.266 e. The molecule has 0 heterocycles. The van der Waals surface area contributed by atoms with E-state index in [-0.39, 0.29) is 18.0 Å². The zero-order chi connectivity index (χ0) is 23.8. The van der Waals surface area contributed by atoms with Crippen LogP contribution >= 0.6 is 22.6 Å². The van der Waals surface area contributed by atoms with Crippen molar-refractivity contribution in [1.29, 1.82) is 5.26 Å². The Morgan fingerprint density at radius 3 is 2.64 bits per heavy atom. The first-order chi connectivity index (χ1) is 15.9. The largest absolute Gasteiger partial charge is 0.490 e. The molecule has 0 saturated heterocycles. The topological polar surface area (TPSA) is 71.3 Å². The van der Waals surface area contributed by atoms with Gasteiger partial charge in [-0.05, 0) is 89.5 Å². The predicted octanol–water partition coefficient (Wildman–Crippen LogP) is 6.26. The van der Waals surface area contributed by atoms with Crippen LogP contribution in [0.25, 0.3) is 6.08 Å². The van der Waals surface area contributed by atoms with Gasteiger partial charge in [-0.1, -0.05) is 30.3 Å². The predicted molar refractivity (Wildman–Crippen MR) is 134 cm³/mol. The number of ether oxygens (including phenoxy) is 2. The molecule has 0 unspecified atom stereocenters. The Kier molecular flexibility index (Phi) is 8.44. The van der Waals surface area contributed by atoms with Crippen molar-refractivity contribution in [2.75, 3.05) is 11.9 Å². The van der Waals surface area contributed by atoms with Gasteiger partial charge in [-0.3, -0.25) is 4.79 Å². The number of amides is 1. The van der Waals surface area contributed by atoms with Crippen LogP contribution in [0.1, 0.15) is 23.6 Å². The van der Waals surface area contributed by atoms with Crippen LogP contribution in [0, 0.1) is 27.6 Å². The number of para-hydroxylation sites is 1. The molecule has 0 bridgehead atoms. The van der Waals surface area contributed by atoms with E-state index in [0.717, 1.165) is 9.13 Å². The maximum atomic E-state index is 13.5. The number of nitriles is 1. The molecule has 1 N–H and O–H groups in total. The van der Waals surface area contributed by atoms with Crippen molar-refractivity contribution in [3.63, 3.8) is 0 Å². The molecule has 33 heavy (non-hydrogen) atoms. The van der Waals surface area contributed by atoms with Gasteiger partial charge in [-0.25, -0.2) is 4.39 Å². The molecule has 0 spiro atoms. The average Bonchev–Trinajstić information content (AvgIpc) is 2.78. The van der Waals surface area contributed by atoms with Crippen LogP contribution in [-0.4, -0.2) is 12.5 Å². The number of hydrogen-bond acceptors (Lipinski definition) is 4. The van der Waals surface area contributed by atoms with Crippen molar-refractivity contribution in [2.45, 2.75) is 20.5 Å². The smallest absolute Gasteiger partial charge is 0.266 e. The fourth-order valence-electron chi connectivity index (χ4n) is 3.07. The summed E-state index contributed by atoms with van der Waals surface area (Å²) in [5, 5.41) is 12.3. The summed E-state index contributed by atoms with van der Waals surface area (Å²) in [6.45, 7) is 4.30. The van der Waals surface area contributed by atoms with E-state index >= 15 is 0 Å². The highest BCUT2D eigenvalue weighted by Crippen LogP contribution is 2.35. The molecule has 0 aromatic heterocycles. The van der Waals surface area contributed by atoms with Crippen molar-refractivity contribution in [3.8, 4) is 17.6 Å². The van der Waals surface area contributed by atoms with E-state index in [2.05, 4.69) is 27.9 Å². The number of carbonyl (C=O) groups is 1. The van der Waals surface area contributed by atoms with Crippen LogP contribution in [0.4, 0.5) is 10.1 Å². The standard InChI is InChI=1S/C26H22FIN2O3/c1-3-32-24-14-19(11-20(15-29)26(31)30-23-10-5-4-7-17(23)2)13-22(28)25(24)33-16-18-8-6-9-21(27)12-18/h4-14H,3,16H2,1-2H3,(H,30,31)/b20-11+. The third-order valence-corrected chi connectivity index (χ3v) is 5.47. The highest BCUT2D eigenvalue weighted by Gasteiger charge is 2.15. The fourth-order valence-corrected chi connectivity index (χ4v) is 3.86. The number of aryl methyl sites for hydroxylation is 1. The number of anilines is 1. The molecule has 0 aliphatic carbocycles. The monoisotopic (exact) mass is 556 g/mol. The van der Waals surface area contributed by atoms with Crippen LogP contribution < -0.4 is 14.8 Å². The van der Waals surface area contributed by atoms with Crippen molar-refractivity contribution < 1.29 is 18.7 Å². The summed E-state index contributed by atoms with van der Waals surface area (Å²) in [6, 6.07) is 19.0. The molecular formula is C26H22FIN2O3. The fraction of sp³-hybridized carbons (Fsp3) is 0.154. The third kappa shape index (κ3) is 6.56. The number of halogens is 2. The van der Waals surface area contributed by atoms with Gasteiger partial charge in [0.05, 0.1) is 10.2 Å². The van der Waals surface area contributed by atoms with Gasteiger partial charge in [0.1, 0.15) is 24.1 Å². The molecular weight excluding hydrogens is 534 g/mol. The molecule has 0 atom stereocenters. The first-order valence-corrected chi connectivity index (χ1v) is 11.3. The molecule has 168 valence electrons. The lowest BCUT2D eigenvalue weighted by molar-refractivity contribution is -0.112. The number of carbonyl (C=O) groups excluding carboxylic acids is 1. The van der Waals surface area contributed by atoms with E-state index in [0.29, 0.717) is 34.9 Å². The summed E-state index contributed by atoms with van der Waals surface area (Å²) in [6.07, 6.45) is 1.51. The zero-order valence-corrected chi connectivity index (χ0v) is 20.4. The van der Waals surface area contributed by atoms with Crippen LogP contribution in [0.15, 0.2) is 66.2 Å². The van der Waals surface area contributed by atoms with E-state index in [9.17, 15) is 14.4 Å². The zero-order valence-electron chi connectivity index (χ0n) is 18.2. The van der Waals surface area contributed by atoms with Gasteiger partial charge in [0.25, 0.3) is 5.91 Å². The second kappa shape index (κ2) is 11.5. The molecule has 3 aromatic carbocycles. The minimum Gasteiger partial charge on any atom is -0.490 e. The Bertz CT molecular complexity index is 1230. The molecule has 0 radical (unpaired) electrons. The lowest BCUT2D eigenvalue weighted by atomic mass is 10.1. The third-order valence-electron chi connectivity index (χ3n) is 4.67. The molecule has 5 nitrogen and oxygen atoms in total. The second-order valence-corrected chi connectivity index (χ2v) is 8.28. The van der Waals surface area contributed by atoms with Crippen LogP contribution in [0.3, 0.4) is 0 Å². The van der Waals surface area contributed by atoms with Gasteiger partial charge in [-0.2, -0.15) is 5.26 Å². The van der Waals surface area contributed by atoms with Gasteiger partial charge in [0.15, 0.2) is 11.5 Å². The number of hydrogen-bond donors (Lipinski definition) is 1. The minimum atomic E-state index is -0.494. The normalized spacial score (nSPS) is 10.9. The molecule has 0 saturated carbocycles. The first kappa shape index (κ1) is 24.3. The second-order valence-electron chi connectivity index (χ2n) is 7.12. The maximum absolute atomic E-state index is 13.5. The molecule has 0 aliphatic heterocycles. The number of rotatable bonds is 8. The number of nitrogens with one attached hydrogen (secondary N) is 1. The van der Waals surface area contributed by atoms with E-state index < -0.39 is 5.91 Å². The van der Waals surface area contributed by atoms with Gasteiger partial charge in [-0.15, -0.1) is 0 Å². The van der Waals surface area contributed by atoms with Crippen LogP contribution in [0.2, 0.25) is 0 Å². The van der Waals surface area contributed by atoms with Gasteiger partial charge in [0.2, 0.25) is 0 Å². The quantitative estimate of drug-likeness (QED) is 0.202. The summed E-state index contributed by atoms with van der Waals surface area (Å²) in [5.74, 6) is 0.168. The Hall–Kier alpha value is -3.38. The Labute approximate surface area is 206 Å². The molecule has 1 amide bonds. The summed E-state index contributed by atoms with van der Waals surface area (Å²) >= 11 is 2.11. The lowest BCUT2D eigenvalue weighted by Gasteiger charge is -2.15. The molecule has 3 rings (SSSR count). The van der Waals surface area contributed by atoms with Crippen LogP contribution in [-0.2, 0) is 11.4 Å². The summed E-state index contributed by atoms with van der Waals surface area (Å²) < 4.78 is 25.9.